The fourth-order valence-corrected chi connectivity index (χ4v) is 8.08. The lowest BCUT2D eigenvalue weighted by atomic mass is 10.2. The molecule has 1 fully saturated rings. The van der Waals surface area contributed by atoms with Crippen molar-refractivity contribution in [2.24, 2.45) is 0 Å². The Hall–Kier alpha value is -3.31. The first-order valence-corrected chi connectivity index (χ1v) is 14.4. The highest BCUT2D eigenvalue weighted by Gasteiger charge is 2.36. The van der Waals surface area contributed by atoms with Gasteiger partial charge in [-0.3, -0.25) is 5.32 Å². The predicted octanol–water partition coefficient (Wildman–Crippen LogP) is 3.99. The number of thiophene rings is 1. The van der Waals surface area contributed by atoms with Crippen molar-refractivity contribution in [1.29, 1.82) is 5.26 Å². The Morgan fingerprint density at radius 1 is 1.11 bits per heavy atom. The number of nitriles is 1. The van der Waals surface area contributed by atoms with Crippen molar-refractivity contribution < 1.29 is 30.8 Å². The normalized spacial score (nSPS) is 16.4. The zero-order valence-corrected chi connectivity index (χ0v) is 21.1. The van der Waals surface area contributed by atoms with Gasteiger partial charge in [-0.25, -0.2) is 26.0 Å². The van der Waals surface area contributed by atoms with Crippen LogP contribution in [0.25, 0.3) is 0 Å². The lowest BCUT2D eigenvalue weighted by Gasteiger charge is -2.24. The van der Waals surface area contributed by atoms with E-state index in [0.29, 0.717) is 18.5 Å². The zero-order chi connectivity index (χ0) is 25.9. The zero-order valence-electron chi connectivity index (χ0n) is 18.6. The van der Waals surface area contributed by atoms with E-state index < -0.39 is 37.8 Å². The van der Waals surface area contributed by atoms with E-state index in [9.17, 15) is 26.0 Å². The fourth-order valence-electron chi connectivity index (χ4n) is 3.73. The van der Waals surface area contributed by atoms with Crippen LogP contribution in [0.3, 0.4) is 0 Å². The number of nitrogens with one attached hydrogen (secondary N) is 1. The molecular weight excluding hydrogens is 529 g/mol. The third kappa shape index (κ3) is 5.41. The number of ether oxygens (including phenoxy) is 1. The molecule has 1 aliphatic rings. The number of sulfonamides is 1. The van der Waals surface area contributed by atoms with Crippen molar-refractivity contribution in [3.63, 3.8) is 0 Å². The molecule has 188 valence electrons. The third-order valence-electron chi connectivity index (χ3n) is 5.50. The second kappa shape index (κ2) is 10.4. The highest BCUT2D eigenvalue weighted by molar-refractivity contribution is 7.93. The number of sulfone groups is 1. The van der Waals surface area contributed by atoms with E-state index in [4.69, 9.17) is 10.00 Å². The Morgan fingerprint density at radius 2 is 1.83 bits per heavy atom. The minimum absolute atomic E-state index is 0.0618. The van der Waals surface area contributed by atoms with E-state index in [1.54, 1.807) is 0 Å². The van der Waals surface area contributed by atoms with Gasteiger partial charge in [0.05, 0.1) is 15.8 Å². The number of anilines is 1. The predicted molar refractivity (Wildman–Crippen MR) is 129 cm³/mol. The summed E-state index contributed by atoms with van der Waals surface area (Å²) in [5, 5.41) is 11.4. The summed E-state index contributed by atoms with van der Waals surface area (Å²) >= 11 is 0.802. The molecule has 1 N–H and O–H groups in total. The first-order chi connectivity index (χ1) is 17.1. The molecule has 0 bridgehead atoms. The van der Waals surface area contributed by atoms with Gasteiger partial charge in [-0.1, -0.05) is 6.07 Å². The number of amides is 1. The van der Waals surface area contributed by atoms with E-state index in [0.717, 1.165) is 17.4 Å². The summed E-state index contributed by atoms with van der Waals surface area (Å²) in [6.45, 7) is -0.0280. The van der Waals surface area contributed by atoms with Crippen LogP contribution in [-0.4, -0.2) is 46.4 Å². The molecule has 1 amide bonds. The van der Waals surface area contributed by atoms with Gasteiger partial charge in [0.1, 0.15) is 27.6 Å². The third-order valence-corrected chi connectivity index (χ3v) is 10.7. The molecular formula is C23H20FN3O6S3. The maximum Gasteiger partial charge on any atom is 0.411 e. The monoisotopic (exact) mass is 549 g/mol. The van der Waals surface area contributed by atoms with Gasteiger partial charge in [0.15, 0.2) is 0 Å². The maximum absolute atomic E-state index is 13.4. The summed E-state index contributed by atoms with van der Waals surface area (Å²) in [7, 11) is -8.12. The summed E-state index contributed by atoms with van der Waals surface area (Å²) < 4.78 is 72.1. The minimum atomic E-state index is -4.10. The highest BCUT2D eigenvalue weighted by atomic mass is 32.2. The summed E-state index contributed by atoms with van der Waals surface area (Å²) in [5.74, 6) is -0.458. The van der Waals surface area contributed by atoms with Crippen LogP contribution in [0.4, 0.5) is 14.9 Å². The van der Waals surface area contributed by atoms with Crippen molar-refractivity contribution in [3.05, 3.63) is 71.4 Å². The van der Waals surface area contributed by atoms with Crippen molar-refractivity contribution in [1.82, 2.24) is 4.31 Å². The van der Waals surface area contributed by atoms with Gasteiger partial charge < -0.3 is 4.74 Å². The summed E-state index contributed by atoms with van der Waals surface area (Å²) in [5.41, 5.74) is 0.322. The van der Waals surface area contributed by atoms with Crippen molar-refractivity contribution in [3.8, 4) is 6.07 Å². The van der Waals surface area contributed by atoms with Gasteiger partial charge in [-0.05, 0) is 67.4 Å². The lowest BCUT2D eigenvalue weighted by molar-refractivity contribution is 0.139. The molecule has 1 aliphatic heterocycles. The fraction of sp³-hybridized carbons (Fsp3) is 0.217. The first kappa shape index (κ1) is 25.8. The summed E-state index contributed by atoms with van der Waals surface area (Å²) in [6, 6.07) is 14.1. The SMILES string of the molecule is N#Cc1ccc(S(=O)(=O)c2cccc(S(=O)(=O)N3CCC[C@H]3COC(=O)Nc3ccc(F)cc3)c2)s1. The van der Waals surface area contributed by atoms with Crippen LogP contribution in [0.15, 0.2) is 74.7 Å². The van der Waals surface area contributed by atoms with Gasteiger partial charge in [-0.15, -0.1) is 11.3 Å². The van der Waals surface area contributed by atoms with E-state index in [2.05, 4.69) is 5.32 Å². The van der Waals surface area contributed by atoms with Crippen molar-refractivity contribution in [2.75, 3.05) is 18.5 Å². The number of carbonyl (C=O) groups is 1. The number of halogens is 1. The van der Waals surface area contributed by atoms with E-state index >= 15 is 0 Å². The Labute approximate surface area is 211 Å². The highest BCUT2D eigenvalue weighted by Crippen LogP contribution is 2.31. The van der Waals surface area contributed by atoms with Crippen LogP contribution in [-0.2, 0) is 24.6 Å². The standard InChI is InChI=1S/C23H20FN3O6S3/c24-16-6-8-17(9-7-16)26-23(28)33-15-18-3-2-12-27(18)36(31,32)21-5-1-4-20(13-21)35(29,30)22-11-10-19(14-25)34-22/h1,4-11,13,18H,2-3,12,15H2,(H,26,28)/t18-/m0/s1. The Kier molecular flexibility index (Phi) is 7.41. The van der Waals surface area contributed by atoms with Crippen LogP contribution in [0.1, 0.15) is 17.7 Å². The van der Waals surface area contributed by atoms with Gasteiger partial charge >= 0.3 is 6.09 Å². The van der Waals surface area contributed by atoms with Crippen LogP contribution >= 0.6 is 11.3 Å². The van der Waals surface area contributed by atoms with Gasteiger partial charge in [0, 0.05) is 12.2 Å². The van der Waals surface area contributed by atoms with Gasteiger partial charge in [0.2, 0.25) is 19.9 Å². The first-order valence-electron chi connectivity index (χ1n) is 10.7. The molecule has 2 aromatic carbocycles. The quantitative estimate of drug-likeness (QED) is 0.471. The molecule has 9 nitrogen and oxygen atoms in total. The molecule has 0 saturated carbocycles. The van der Waals surface area contributed by atoms with Crippen LogP contribution in [0, 0.1) is 17.1 Å². The molecule has 1 aromatic heterocycles. The molecule has 36 heavy (non-hydrogen) atoms. The summed E-state index contributed by atoms with van der Waals surface area (Å²) in [6.07, 6.45) is 0.177. The van der Waals surface area contributed by atoms with E-state index in [-0.39, 0.29) is 32.0 Å². The van der Waals surface area contributed by atoms with E-state index in [1.165, 1.54) is 58.9 Å². The van der Waals surface area contributed by atoms with Crippen LogP contribution in [0.2, 0.25) is 0 Å². The largest absolute Gasteiger partial charge is 0.448 e. The molecule has 0 spiro atoms. The van der Waals surface area contributed by atoms with Crippen molar-refractivity contribution >= 4 is 43.0 Å². The molecule has 0 unspecified atom stereocenters. The summed E-state index contributed by atoms with van der Waals surface area (Å²) in [4.78, 5) is 11.9. The topological polar surface area (TPSA) is 134 Å². The Bertz CT molecular complexity index is 1530. The number of hydrogen-bond donors (Lipinski definition) is 1. The number of benzene rings is 2. The van der Waals surface area contributed by atoms with Crippen LogP contribution in [0.5, 0.6) is 0 Å². The molecule has 4 rings (SSSR count). The second-order valence-electron chi connectivity index (χ2n) is 7.85. The minimum Gasteiger partial charge on any atom is -0.448 e. The molecule has 13 heteroatoms. The molecule has 2 heterocycles. The molecule has 0 aliphatic carbocycles. The molecule has 3 aromatic rings. The maximum atomic E-state index is 13.4. The average molecular weight is 550 g/mol. The lowest BCUT2D eigenvalue weighted by Crippen LogP contribution is -2.39. The number of carbonyl (C=O) groups excluding carboxylic acids is 1. The van der Waals surface area contributed by atoms with E-state index in [1.807, 2.05) is 6.07 Å². The van der Waals surface area contributed by atoms with Crippen LogP contribution < -0.4 is 5.32 Å². The smallest absolute Gasteiger partial charge is 0.411 e. The Morgan fingerprint density at radius 3 is 2.53 bits per heavy atom. The number of hydrogen-bond acceptors (Lipinski definition) is 8. The molecule has 1 saturated heterocycles. The number of rotatable bonds is 7. The van der Waals surface area contributed by atoms with Gasteiger partial charge in [0.25, 0.3) is 0 Å². The average Bonchev–Trinajstić information content (AvgIpc) is 3.55. The number of nitrogens with zero attached hydrogens (tertiary/aromatic N) is 2. The Balaban J connectivity index is 1.49. The van der Waals surface area contributed by atoms with Crippen molar-refractivity contribution in [2.45, 2.75) is 32.9 Å². The molecule has 1 atom stereocenters. The molecule has 0 radical (unpaired) electrons. The van der Waals surface area contributed by atoms with Gasteiger partial charge in [-0.2, -0.15) is 9.57 Å². The second-order valence-corrected chi connectivity index (χ2v) is 13.0.